The van der Waals surface area contributed by atoms with E-state index in [4.69, 9.17) is 14.2 Å². The van der Waals surface area contributed by atoms with Crippen molar-refractivity contribution in [3.05, 3.63) is 24.3 Å². The minimum Gasteiger partial charge on any atom is -0.494 e. The molecule has 6 nitrogen and oxygen atoms in total. The fourth-order valence-electron chi connectivity index (χ4n) is 4.36. The predicted octanol–water partition coefficient (Wildman–Crippen LogP) is 3.71. The monoisotopic (exact) mass is 404 g/mol. The van der Waals surface area contributed by atoms with Crippen LogP contribution in [0.4, 0.5) is 5.69 Å². The second kappa shape index (κ2) is 11.0. The summed E-state index contributed by atoms with van der Waals surface area (Å²) in [5.41, 5.74) is 0.0918. The third-order valence-corrected chi connectivity index (χ3v) is 5.89. The van der Waals surface area contributed by atoms with Gasteiger partial charge in [0.15, 0.2) is 0 Å². The van der Waals surface area contributed by atoms with Gasteiger partial charge in [0.05, 0.1) is 19.8 Å². The highest BCUT2D eigenvalue weighted by Crippen LogP contribution is 2.36. The van der Waals surface area contributed by atoms with Crippen LogP contribution in [-0.2, 0) is 14.3 Å². The molecule has 29 heavy (non-hydrogen) atoms. The lowest BCUT2D eigenvalue weighted by Gasteiger charge is -2.38. The summed E-state index contributed by atoms with van der Waals surface area (Å²) in [4.78, 5) is 15.4. The number of nitrogens with one attached hydrogen (secondary N) is 1. The van der Waals surface area contributed by atoms with E-state index in [1.165, 1.54) is 6.42 Å². The molecule has 1 N–H and O–H groups in total. The van der Waals surface area contributed by atoms with Crippen LogP contribution in [0.1, 0.15) is 46.0 Å². The standard InChI is InChI=1S/C23H36N2O4/c1-3-29-23(11-4-6-19(2)18-23)22(26)24-20-7-9-21(10-8-20)28-15-5-12-25-13-16-27-17-14-25/h7-10,19H,3-6,11-18H2,1-2H3,(H,24,26)/t19-,23+/m0/s1. The quantitative estimate of drug-likeness (QED) is 0.636. The Bertz CT molecular complexity index is 626. The molecule has 0 spiro atoms. The first-order valence-electron chi connectivity index (χ1n) is 11.1. The fraction of sp³-hybridized carbons (Fsp3) is 0.696. The molecule has 1 aliphatic heterocycles. The van der Waals surface area contributed by atoms with Gasteiger partial charge in [-0.1, -0.05) is 13.3 Å². The van der Waals surface area contributed by atoms with Crippen LogP contribution in [-0.4, -0.2) is 62.5 Å². The second-order valence-electron chi connectivity index (χ2n) is 8.26. The molecule has 1 saturated carbocycles. The smallest absolute Gasteiger partial charge is 0.256 e. The average Bonchev–Trinajstić information content (AvgIpc) is 2.73. The van der Waals surface area contributed by atoms with Crippen molar-refractivity contribution in [2.45, 2.75) is 51.6 Å². The van der Waals surface area contributed by atoms with Crippen LogP contribution in [0.25, 0.3) is 0 Å². The lowest BCUT2D eigenvalue weighted by Crippen LogP contribution is -2.48. The molecule has 2 fully saturated rings. The molecule has 2 atom stereocenters. The van der Waals surface area contributed by atoms with Crippen molar-refractivity contribution in [3.8, 4) is 5.75 Å². The molecular formula is C23H36N2O4. The number of anilines is 1. The highest BCUT2D eigenvalue weighted by Gasteiger charge is 2.42. The molecule has 1 aromatic rings. The summed E-state index contributed by atoms with van der Waals surface area (Å²) in [7, 11) is 0. The van der Waals surface area contributed by atoms with E-state index in [0.717, 1.165) is 70.0 Å². The highest BCUT2D eigenvalue weighted by molar-refractivity contribution is 5.97. The van der Waals surface area contributed by atoms with Gasteiger partial charge in [0.25, 0.3) is 5.91 Å². The fourth-order valence-corrected chi connectivity index (χ4v) is 4.36. The first-order chi connectivity index (χ1) is 14.1. The Morgan fingerprint density at radius 1 is 1.28 bits per heavy atom. The van der Waals surface area contributed by atoms with Crippen molar-refractivity contribution in [2.24, 2.45) is 5.92 Å². The van der Waals surface area contributed by atoms with Gasteiger partial charge in [-0.3, -0.25) is 9.69 Å². The van der Waals surface area contributed by atoms with E-state index < -0.39 is 5.60 Å². The van der Waals surface area contributed by atoms with Crippen molar-refractivity contribution in [1.82, 2.24) is 4.90 Å². The number of rotatable bonds is 9. The van der Waals surface area contributed by atoms with Gasteiger partial charge in [0, 0.05) is 31.9 Å². The summed E-state index contributed by atoms with van der Waals surface area (Å²) in [5, 5.41) is 3.06. The van der Waals surface area contributed by atoms with Crippen LogP contribution in [0.5, 0.6) is 5.75 Å². The van der Waals surface area contributed by atoms with Gasteiger partial charge in [-0.25, -0.2) is 0 Å². The number of hydrogen-bond acceptors (Lipinski definition) is 5. The first kappa shape index (κ1) is 22.1. The number of nitrogens with zero attached hydrogens (tertiary/aromatic N) is 1. The van der Waals surface area contributed by atoms with E-state index >= 15 is 0 Å². The first-order valence-corrected chi connectivity index (χ1v) is 11.1. The van der Waals surface area contributed by atoms with E-state index in [-0.39, 0.29) is 5.91 Å². The third-order valence-electron chi connectivity index (χ3n) is 5.89. The van der Waals surface area contributed by atoms with Crippen molar-refractivity contribution >= 4 is 11.6 Å². The minimum atomic E-state index is -0.693. The molecule has 0 unspecified atom stereocenters. The zero-order valence-electron chi connectivity index (χ0n) is 18.0. The van der Waals surface area contributed by atoms with Crippen molar-refractivity contribution in [3.63, 3.8) is 0 Å². The van der Waals surface area contributed by atoms with Crippen LogP contribution in [0.3, 0.4) is 0 Å². The van der Waals surface area contributed by atoms with Crippen LogP contribution in [0, 0.1) is 5.92 Å². The van der Waals surface area contributed by atoms with Gasteiger partial charge in [0.2, 0.25) is 0 Å². The number of hydrogen-bond donors (Lipinski definition) is 1. The van der Waals surface area contributed by atoms with Gasteiger partial charge >= 0.3 is 0 Å². The zero-order chi connectivity index (χ0) is 20.5. The number of amides is 1. The van der Waals surface area contributed by atoms with E-state index in [1.807, 2.05) is 31.2 Å². The molecule has 3 rings (SSSR count). The molecule has 1 heterocycles. The van der Waals surface area contributed by atoms with Crippen LogP contribution in [0.2, 0.25) is 0 Å². The Balaban J connectivity index is 1.45. The summed E-state index contributed by atoms with van der Waals surface area (Å²) in [5.74, 6) is 1.31. The highest BCUT2D eigenvalue weighted by atomic mass is 16.5. The van der Waals surface area contributed by atoms with Crippen LogP contribution < -0.4 is 10.1 Å². The van der Waals surface area contributed by atoms with Gasteiger partial charge < -0.3 is 19.5 Å². The van der Waals surface area contributed by atoms with Gasteiger partial charge in [-0.05, 0) is 62.8 Å². The number of morpholine rings is 1. The molecule has 1 aliphatic carbocycles. The Morgan fingerprint density at radius 3 is 2.72 bits per heavy atom. The predicted molar refractivity (Wildman–Crippen MR) is 114 cm³/mol. The molecule has 0 aromatic heterocycles. The van der Waals surface area contributed by atoms with Gasteiger partial charge in [-0.15, -0.1) is 0 Å². The van der Waals surface area contributed by atoms with Gasteiger partial charge in [-0.2, -0.15) is 0 Å². The maximum atomic E-state index is 13.0. The Labute approximate surface area is 174 Å². The summed E-state index contributed by atoms with van der Waals surface area (Å²) >= 11 is 0. The molecule has 1 amide bonds. The Hall–Kier alpha value is -1.63. The van der Waals surface area contributed by atoms with Crippen molar-refractivity contribution in [2.75, 3.05) is 51.4 Å². The SMILES string of the molecule is CCO[C@]1(C(=O)Nc2ccc(OCCCN3CCOCC3)cc2)CCC[C@H](C)C1. The van der Waals surface area contributed by atoms with Crippen LogP contribution in [0.15, 0.2) is 24.3 Å². The summed E-state index contributed by atoms with van der Waals surface area (Å²) < 4.78 is 17.2. The summed E-state index contributed by atoms with van der Waals surface area (Å²) in [6, 6.07) is 7.64. The van der Waals surface area contributed by atoms with Gasteiger partial charge in [0.1, 0.15) is 11.4 Å². The number of carbonyl (C=O) groups is 1. The van der Waals surface area contributed by atoms with Crippen molar-refractivity contribution in [1.29, 1.82) is 0 Å². The largest absolute Gasteiger partial charge is 0.494 e. The molecule has 6 heteroatoms. The third kappa shape index (κ3) is 6.43. The maximum absolute atomic E-state index is 13.0. The van der Waals surface area contributed by atoms with E-state index in [2.05, 4.69) is 17.1 Å². The molecular weight excluding hydrogens is 368 g/mol. The molecule has 1 saturated heterocycles. The lowest BCUT2D eigenvalue weighted by atomic mass is 9.78. The van der Waals surface area contributed by atoms with E-state index in [1.54, 1.807) is 0 Å². The number of benzene rings is 1. The van der Waals surface area contributed by atoms with E-state index in [0.29, 0.717) is 19.1 Å². The Kier molecular flexibility index (Phi) is 8.33. The second-order valence-corrected chi connectivity index (χ2v) is 8.26. The van der Waals surface area contributed by atoms with Crippen molar-refractivity contribution < 1.29 is 19.0 Å². The number of ether oxygens (including phenoxy) is 3. The summed E-state index contributed by atoms with van der Waals surface area (Å²) in [6.45, 7) is 10.1. The normalized spacial score (nSPS) is 25.5. The summed E-state index contributed by atoms with van der Waals surface area (Å²) in [6.07, 6.45) is 4.78. The molecule has 1 aromatic carbocycles. The average molecular weight is 405 g/mol. The molecule has 2 aliphatic rings. The molecule has 0 radical (unpaired) electrons. The Morgan fingerprint density at radius 2 is 2.03 bits per heavy atom. The van der Waals surface area contributed by atoms with Crippen LogP contribution >= 0.6 is 0 Å². The lowest BCUT2D eigenvalue weighted by molar-refractivity contribution is -0.147. The molecule has 162 valence electrons. The maximum Gasteiger partial charge on any atom is 0.256 e. The van der Waals surface area contributed by atoms with E-state index in [9.17, 15) is 4.79 Å². The molecule has 0 bridgehead atoms. The number of carbonyl (C=O) groups excluding carboxylic acids is 1. The topological polar surface area (TPSA) is 60.0 Å². The minimum absolute atomic E-state index is 0.0231. The zero-order valence-corrected chi connectivity index (χ0v) is 18.0.